The highest BCUT2D eigenvalue weighted by molar-refractivity contribution is 8.01. The molecule has 1 fully saturated rings. The van der Waals surface area contributed by atoms with Crippen LogP contribution in [0, 0.1) is 17.5 Å². The normalized spacial score (nSPS) is 15.4. The molecule has 7 nitrogen and oxygen atoms in total. The molecule has 168 valence electrons. The van der Waals surface area contributed by atoms with Crippen molar-refractivity contribution in [3.8, 4) is 0 Å². The highest BCUT2D eigenvalue weighted by atomic mass is 32.2. The van der Waals surface area contributed by atoms with Gasteiger partial charge in [0.2, 0.25) is 5.13 Å². The van der Waals surface area contributed by atoms with Gasteiger partial charge in [-0.15, -0.1) is 10.2 Å². The van der Waals surface area contributed by atoms with E-state index in [2.05, 4.69) is 20.8 Å². The summed E-state index contributed by atoms with van der Waals surface area (Å²) in [6.45, 7) is 1.28. The molecule has 12 heteroatoms. The van der Waals surface area contributed by atoms with Gasteiger partial charge in [0.15, 0.2) is 27.9 Å². The molecule has 0 saturated heterocycles. The van der Waals surface area contributed by atoms with Crippen LogP contribution in [-0.2, 0) is 14.3 Å². The van der Waals surface area contributed by atoms with E-state index >= 15 is 0 Å². The molecule has 1 aliphatic rings. The van der Waals surface area contributed by atoms with Crippen LogP contribution in [-0.4, -0.2) is 40.0 Å². The summed E-state index contributed by atoms with van der Waals surface area (Å²) in [5, 5.41) is 14.2. The Morgan fingerprint density at radius 3 is 2.68 bits per heavy atom. The topological polar surface area (TPSA) is 93.2 Å². The zero-order chi connectivity index (χ0) is 22.4. The fourth-order valence-electron chi connectivity index (χ4n) is 3.01. The van der Waals surface area contributed by atoms with Crippen LogP contribution in [0.15, 0.2) is 16.5 Å². The summed E-state index contributed by atoms with van der Waals surface area (Å²) < 4.78 is 45.4. The average Bonchev–Trinajstić information content (AvgIpc) is 3.20. The first-order chi connectivity index (χ1) is 14.8. The summed E-state index contributed by atoms with van der Waals surface area (Å²) in [5.74, 6) is -6.27. The van der Waals surface area contributed by atoms with Crippen LogP contribution >= 0.6 is 23.1 Å². The maximum absolute atomic E-state index is 13.6. The second-order valence-electron chi connectivity index (χ2n) is 6.99. The van der Waals surface area contributed by atoms with Crippen molar-refractivity contribution in [2.45, 2.75) is 55.5 Å². The van der Waals surface area contributed by atoms with Crippen molar-refractivity contribution < 1.29 is 27.5 Å². The van der Waals surface area contributed by atoms with Crippen molar-refractivity contribution in [1.82, 2.24) is 10.2 Å². The number of carbonyl (C=O) groups excluding carboxylic acids is 2. The predicted octanol–water partition coefficient (Wildman–Crippen LogP) is 4.36. The summed E-state index contributed by atoms with van der Waals surface area (Å²) in [7, 11) is 0. The number of halogens is 3. The molecule has 2 N–H and O–H groups in total. The molecule has 1 heterocycles. The molecule has 1 aromatic carbocycles. The number of nitrogens with one attached hydrogen (secondary N) is 2. The number of carbonyl (C=O) groups is 2. The summed E-state index contributed by atoms with van der Waals surface area (Å²) in [5.41, 5.74) is -0.548. The third-order valence-corrected chi connectivity index (χ3v) is 6.58. The monoisotopic (exact) mass is 474 g/mol. The first-order valence-electron chi connectivity index (χ1n) is 9.70. The van der Waals surface area contributed by atoms with Crippen LogP contribution in [0.5, 0.6) is 0 Å². The lowest BCUT2D eigenvalue weighted by Crippen LogP contribution is -2.31. The van der Waals surface area contributed by atoms with E-state index in [1.807, 2.05) is 0 Å². The van der Waals surface area contributed by atoms with Crippen LogP contribution in [0.1, 0.15) is 39.0 Å². The van der Waals surface area contributed by atoms with Gasteiger partial charge in [-0.05, 0) is 31.9 Å². The third kappa shape index (κ3) is 6.57. The first-order valence-corrected chi connectivity index (χ1v) is 11.5. The Morgan fingerprint density at radius 2 is 1.94 bits per heavy atom. The molecule has 1 aromatic heterocycles. The van der Waals surface area contributed by atoms with Crippen LogP contribution in [0.4, 0.5) is 24.0 Å². The molecule has 0 bridgehead atoms. The molecule has 3 rings (SSSR count). The number of hydrogen-bond acceptors (Lipinski definition) is 8. The lowest BCUT2D eigenvalue weighted by atomic mass is 9.96. The standard InChI is InChI=1S/C19H21F3N4O3S2/c1-10(17(28)24-13-8-7-12(20)15(21)16(13)22)29-14(27)9-30-19-26-25-18(31-19)23-11-5-3-2-4-6-11/h7-8,10-11H,2-6,9H2,1H3,(H,23,25)(H,24,28). The number of esters is 1. The summed E-state index contributed by atoms with van der Waals surface area (Å²) in [6.07, 6.45) is 4.57. The van der Waals surface area contributed by atoms with E-state index in [1.165, 1.54) is 37.5 Å². The molecule has 0 aliphatic heterocycles. The third-order valence-electron chi connectivity index (χ3n) is 4.62. The lowest BCUT2D eigenvalue weighted by Gasteiger charge is -2.21. The molecule has 1 aliphatic carbocycles. The lowest BCUT2D eigenvalue weighted by molar-refractivity contribution is -0.150. The molecule has 0 radical (unpaired) electrons. The number of hydrogen-bond donors (Lipinski definition) is 2. The van der Waals surface area contributed by atoms with Crippen molar-refractivity contribution in [2.24, 2.45) is 0 Å². The Kier molecular flexibility index (Phi) is 8.13. The van der Waals surface area contributed by atoms with E-state index in [0.29, 0.717) is 21.6 Å². The molecule has 1 amide bonds. The van der Waals surface area contributed by atoms with Crippen molar-refractivity contribution in [3.63, 3.8) is 0 Å². The van der Waals surface area contributed by atoms with Crippen LogP contribution in [0.3, 0.4) is 0 Å². The van der Waals surface area contributed by atoms with Gasteiger partial charge in [0.1, 0.15) is 0 Å². The van der Waals surface area contributed by atoms with Gasteiger partial charge in [0.05, 0.1) is 11.4 Å². The number of thioether (sulfide) groups is 1. The Hall–Kier alpha value is -2.34. The molecule has 0 spiro atoms. The van der Waals surface area contributed by atoms with Gasteiger partial charge in [-0.25, -0.2) is 13.2 Å². The van der Waals surface area contributed by atoms with Crippen molar-refractivity contribution in [3.05, 3.63) is 29.6 Å². The summed E-state index contributed by atoms with van der Waals surface area (Å²) >= 11 is 2.46. The highest BCUT2D eigenvalue weighted by Gasteiger charge is 2.22. The summed E-state index contributed by atoms with van der Waals surface area (Å²) in [4.78, 5) is 24.1. The second-order valence-corrected chi connectivity index (χ2v) is 9.19. The molecular formula is C19H21F3N4O3S2. The number of rotatable bonds is 8. The quantitative estimate of drug-likeness (QED) is 0.334. The first kappa shape index (κ1) is 23.3. The zero-order valence-corrected chi connectivity index (χ0v) is 18.3. The Balaban J connectivity index is 1.44. The molecule has 2 aromatic rings. The highest BCUT2D eigenvalue weighted by Crippen LogP contribution is 2.28. The fourth-order valence-corrected chi connectivity index (χ4v) is 4.62. The SMILES string of the molecule is CC(OC(=O)CSc1nnc(NC2CCCCC2)s1)C(=O)Nc1ccc(F)c(F)c1F. The fraction of sp³-hybridized carbons (Fsp3) is 0.474. The minimum Gasteiger partial charge on any atom is -0.452 e. The number of amides is 1. The van der Waals surface area contributed by atoms with Gasteiger partial charge >= 0.3 is 5.97 Å². The van der Waals surface area contributed by atoms with Crippen molar-refractivity contribution >= 4 is 45.8 Å². The van der Waals surface area contributed by atoms with E-state index in [-0.39, 0.29) is 5.75 Å². The maximum atomic E-state index is 13.6. The van der Waals surface area contributed by atoms with Crippen LogP contribution < -0.4 is 10.6 Å². The minimum absolute atomic E-state index is 0.102. The van der Waals surface area contributed by atoms with Gasteiger partial charge < -0.3 is 15.4 Å². The van der Waals surface area contributed by atoms with Gasteiger partial charge in [0.25, 0.3) is 5.91 Å². The number of ether oxygens (including phenoxy) is 1. The van der Waals surface area contributed by atoms with Crippen LogP contribution in [0.2, 0.25) is 0 Å². The number of anilines is 2. The van der Waals surface area contributed by atoms with Crippen LogP contribution in [0.25, 0.3) is 0 Å². The van der Waals surface area contributed by atoms with E-state index < -0.39 is 41.1 Å². The maximum Gasteiger partial charge on any atom is 0.317 e. The number of nitrogens with zero attached hydrogens (tertiary/aromatic N) is 2. The molecule has 31 heavy (non-hydrogen) atoms. The molecular weight excluding hydrogens is 453 g/mol. The Bertz CT molecular complexity index is 938. The number of aromatic nitrogens is 2. The van der Waals surface area contributed by atoms with E-state index in [0.717, 1.165) is 30.7 Å². The Morgan fingerprint density at radius 1 is 1.19 bits per heavy atom. The van der Waals surface area contributed by atoms with E-state index in [1.54, 1.807) is 0 Å². The van der Waals surface area contributed by atoms with Crippen molar-refractivity contribution in [1.29, 1.82) is 0 Å². The molecule has 1 saturated carbocycles. The van der Waals surface area contributed by atoms with Gasteiger partial charge in [-0.3, -0.25) is 9.59 Å². The smallest absolute Gasteiger partial charge is 0.317 e. The Labute approximate surface area is 185 Å². The molecule has 1 unspecified atom stereocenters. The minimum atomic E-state index is -1.70. The van der Waals surface area contributed by atoms with E-state index in [9.17, 15) is 22.8 Å². The van der Waals surface area contributed by atoms with Crippen molar-refractivity contribution in [2.75, 3.05) is 16.4 Å². The zero-order valence-electron chi connectivity index (χ0n) is 16.6. The molecule has 1 atom stereocenters. The summed E-state index contributed by atoms with van der Waals surface area (Å²) in [6, 6.07) is 1.95. The van der Waals surface area contributed by atoms with Gasteiger partial charge in [-0.1, -0.05) is 42.4 Å². The van der Waals surface area contributed by atoms with E-state index in [4.69, 9.17) is 4.74 Å². The van der Waals surface area contributed by atoms with Gasteiger partial charge in [-0.2, -0.15) is 0 Å². The van der Waals surface area contributed by atoms with Gasteiger partial charge in [0, 0.05) is 6.04 Å². The largest absolute Gasteiger partial charge is 0.452 e. The average molecular weight is 475 g/mol. The predicted molar refractivity (Wildman–Crippen MR) is 112 cm³/mol. The second kappa shape index (κ2) is 10.8. The number of benzene rings is 1.